The van der Waals surface area contributed by atoms with Crippen molar-refractivity contribution in [2.24, 2.45) is 0 Å². The molecule has 1 unspecified atom stereocenters. The number of halogens is 2. The lowest BCUT2D eigenvalue weighted by Gasteiger charge is -2.39. The molecule has 2 amide bonds. The summed E-state index contributed by atoms with van der Waals surface area (Å²) < 4.78 is 13.4. The van der Waals surface area contributed by atoms with Crippen LogP contribution in [0.25, 0.3) is 0 Å². The van der Waals surface area contributed by atoms with Crippen molar-refractivity contribution in [1.82, 2.24) is 5.32 Å². The molecule has 2 rings (SSSR count). The van der Waals surface area contributed by atoms with Gasteiger partial charge in [-0.05, 0) is 31.5 Å². The van der Waals surface area contributed by atoms with Crippen molar-refractivity contribution in [2.75, 3.05) is 11.4 Å². The van der Waals surface area contributed by atoms with Gasteiger partial charge in [-0.25, -0.2) is 4.39 Å². The van der Waals surface area contributed by atoms with Crippen molar-refractivity contribution in [3.05, 3.63) is 29.0 Å². The van der Waals surface area contributed by atoms with Gasteiger partial charge in [0, 0.05) is 10.7 Å². The predicted octanol–water partition coefficient (Wildman–Crippen LogP) is 2.11. The van der Waals surface area contributed by atoms with Crippen molar-refractivity contribution < 1.29 is 14.0 Å². The Balaban J connectivity index is 2.43. The lowest BCUT2D eigenvalue weighted by molar-refractivity contribution is -0.135. The van der Waals surface area contributed by atoms with Crippen LogP contribution in [0.3, 0.4) is 0 Å². The number of rotatable bonds is 2. The zero-order valence-electron chi connectivity index (χ0n) is 10.7. The molecule has 1 aliphatic heterocycles. The fraction of sp³-hybridized carbons (Fsp3) is 0.385. The standard InChI is InChI=1S/C13H14ClFN2O2/c1-3-13(2)12(19)17(7-11(18)16-13)10-5-8(14)4-9(15)6-10/h4-6H,3,7H2,1-2H3,(H,16,18). The van der Waals surface area contributed by atoms with Crippen molar-refractivity contribution in [3.8, 4) is 0 Å². The average Bonchev–Trinajstić information content (AvgIpc) is 2.32. The van der Waals surface area contributed by atoms with E-state index < -0.39 is 11.4 Å². The van der Waals surface area contributed by atoms with Gasteiger partial charge in [-0.3, -0.25) is 9.59 Å². The number of amides is 2. The van der Waals surface area contributed by atoms with E-state index in [-0.39, 0.29) is 23.4 Å². The zero-order valence-corrected chi connectivity index (χ0v) is 11.4. The number of hydrogen-bond donors (Lipinski definition) is 1. The smallest absolute Gasteiger partial charge is 0.252 e. The normalized spacial score (nSPS) is 23.5. The number of carbonyl (C=O) groups is 2. The molecular formula is C13H14ClFN2O2. The Labute approximate surface area is 115 Å². The van der Waals surface area contributed by atoms with E-state index >= 15 is 0 Å². The molecule has 1 aromatic carbocycles. The molecule has 0 saturated carbocycles. The molecule has 1 aromatic rings. The molecule has 0 aromatic heterocycles. The molecule has 4 nitrogen and oxygen atoms in total. The third-order valence-electron chi connectivity index (χ3n) is 3.30. The summed E-state index contributed by atoms with van der Waals surface area (Å²) in [4.78, 5) is 25.4. The van der Waals surface area contributed by atoms with E-state index in [1.54, 1.807) is 13.8 Å². The van der Waals surface area contributed by atoms with E-state index in [2.05, 4.69) is 5.32 Å². The van der Waals surface area contributed by atoms with E-state index in [0.29, 0.717) is 12.1 Å². The van der Waals surface area contributed by atoms with Crippen molar-refractivity contribution in [3.63, 3.8) is 0 Å². The predicted molar refractivity (Wildman–Crippen MR) is 70.6 cm³/mol. The highest BCUT2D eigenvalue weighted by atomic mass is 35.5. The second kappa shape index (κ2) is 4.81. The van der Waals surface area contributed by atoms with Crippen molar-refractivity contribution >= 4 is 29.1 Å². The molecule has 102 valence electrons. The zero-order chi connectivity index (χ0) is 14.2. The molecule has 0 radical (unpaired) electrons. The largest absolute Gasteiger partial charge is 0.340 e. The summed E-state index contributed by atoms with van der Waals surface area (Å²) in [6.45, 7) is 3.33. The number of nitrogens with one attached hydrogen (secondary N) is 1. The first-order chi connectivity index (χ1) is 8.85. The van der Waals surface area contributed by atoms with Crippen molar-refractivity contribution in [2.45, 2.75) is 25.8 Å². The van der Waals surface area contributed by atoms with Crippen LogP contribution in [0.2, 0.25) is 5.02 Å². The highest BCUT2D eigenvalue weighted by molar-refractivity contribution is 6.31. The van der Waals surface area contributed by atoms with Crippen molar-refractivity contribution in [1.29, 1.82) is 0 Å². The minimum absolute atomic E-state index is 0.131. The molecule has 1 aliphatic rings. The first kappa shape index (κ1) is 13.8. The molecule has 6 heteroatoms. The summed E-state index contributed by atoms with van der Waals surface area (Å²) in [5, 5.41) is 2.85. The van der Waals surface area contributed by atoms with Gasteiger partial charge in [0.05, 0.1) is 0 Å². The van der Waals surface area contributed by atoms with Gasteiger partial charge in [0.1, 0.15) is 17.9 Å². The molecule has 1 N–H and O–H groups in total. The Morgan fingerprint density at radius 3 is 2.68 bits per heavy atom. The topological polar surface area (TPSA) is 49.4 Å². The number of nitrogens with zero attached hydrogens (tertiary/aromatic N) is 1. The van der Waals surface area contributed by atoms with Crippen LogP contribution < -0.4 is 10.2 Å². The Kier molecular flexibility index (Phi) is 3.49. The summed E-state index contributed by atoms with van der Waals surface area (Å²) in [6.07, 6.45) is 0.455. The maximum absolute atomic E-state index is 13.4. The molecule has 1 heterocycles. The summed E-state index contributed by atoms with van der Waals surface area (Å²) in [5.74, 6) is -1.08. The second-order valence-electron chi connectivity index (χ2n) is 4.75. The third kappa shape index (κ3) is 2.56. The molecule has 19 heavy (non-hydrogen) atoms. The van der Waals surface area contributed by atoms with Gasteiger partial charge in [0.2, 0.25) is 5.91 Å². The highest BCUT2D eigenvalue weighted by Crippen LogP contribution is 2.27. The number of benzene rings is 1. The minimum Gasteiger partial charge on any atom is -0.340 e. The molecule has 0 bridgehead atoms. The molecule has 0 spiro atoms. The van der Waals surface area contributed by atoms with E-state index in [0.717, 1.165) is 6.07 Å². The van der Waals surface area contributed by atoms with Crippen LogP contribution >= 0.6 is 11.6 Å². The average molecular weight is 285 g/mol. The fourth-order valence-corrected chi connectivity index (χ4v) is 2.27. The SMILES string of the molecule is CCC1(C)NC(=O)CN(c2cc(F)cc(Cl)c2)C1=O. The number of hydrogen-bond acceptors (Lipinski definition) is 2. The number of piperazine rings is 1. The van der Waals surface area contributed by atoms with Gasteiger partial charge in [-0.2, -0.15) is 0 Å². The molecular weight excluding hydrogens is 271 g/mol. The Morgan fingerprint density at radius 1 is 1.42 bits per heavy atom. The Hall–Kier alpha value is -1.62. The van der Waals surface area contributed by atoms with Gasteiger partial charge in [0.15, 0.2) is 0 Å². The van der Waals surface area contributed by atoms with Crippen LogP contribution in [0.1, 0.15) is 20.3 Å². The van der Waals surface area contributed by atoms with Gasteiger partial charge in [-0.1, -0.05) is 18.5 Å². The Bertz CT molecular complexity index is 529. The minimum atomic E-state index is -0.964. The summed E-state index contributed by atoms with van der Waals surface area (Å²) in [7, 11) is 0. The first-order valence-corrected chi connectivity index (χ1v) is 6.32. The summed E-state index contributed by atoms with van der Waals surface area (Å²) in [6, 6.07) is 3.81. The van der Waals surface area contributed by atoms with Crippen LogP contribution in [0, 0.1) is 5.82 Å². The maximum Gasteiger partial charge on any atom is 0.252 e. The quantitative estimate of drug-likeness (QED) is 0.904. The lowest BCUT2D eigenvalue weighted by atomic mass is 9.94. The van der Waals surface area contributed by atoms with Crippen LogP contribution in [0.5, 0.6) is 0 Å². The summed E-state index contributed by atoms with van der Waals surface area (Å²) >= 11 is 5.78. The van der Waals surface area contributed by atoms with Gasteiger partial charge in [-0.15, -0.1) is 0 Å². The molecule has 1 atom stereocenters. The third-order valence-corrected chi connectivity index (χ3v) is 3.52. The highest BCUT2D eigenvalue weighted by Gasteiger charge is 2.42. The van der Waals surface area contributed by atoms with Gasteiger partial charge >= 0.3 is 0 Å². The van der Waals surface area contributed by atoms with Crippen LogP contribution in [0.15, 0.2) is 18.2 Å². The number of carbonyl (C=O) groups excluding carboxylic acids is 2. The fourth-order valence-electron chi connectivity index (χ4n) is 2.06. The number of anilines is 1. The van der Waals surface area contributed by atoms with E-state index in [9.17, 15) is 14.0 Å². The molecule has 1 fully saturated rings. The first-order valence-electron chi connectivity index (χ1n) is 5.95. The molecule has 1 saturated heterocycles. The molecule has 0 aliphatic carbocycles. The maximum atomic E-state index is 13.4. The lowest BCUT2D eigenvalue weighted by Crippen LogP contribution is -2.65. The van der Waals surface area contributed by atoms with E-state index in [1.807, 2.05) is 0 Å². The van der Waals surface area contributed by atoms with E-state index in [4.69, 9.17) is 11.6 Å². The monoisotopic (exact) mass is 284 g/mol. The Morgan fingerprint density at radius 2 is 2.11 bits per heavy atom. The second-order valence-corrected chi connectivity index (χ2v) is 5.19. The van der Waals surface area contributed by atoms with Crippen LogP contribution in [-0.4, -0.2) is 23.9 Å². The summed E-state index contributed by atoms with van der Waals surface area (Å²) in [5.41, 5.74) is -0.668. The van der Waals surface area contributed by atoms with Crippen LogP contribution in [-0.2, 0) is 9.59 Å². The van der Waals surface area contributed by atoms with E-state index in [1.165, 1.54) is 17.0 Å². The van der Waals surface area contributed by atoms with Gasteiger partial charge in [0.25, 0.3) is 5.91 Å². The van der Waals surface area contributed by atoms with Crippen LogP contribution in [0.4, 0.5) is 10.1 Å². The van der Waals surface area contributed by atoms with Gasteiger partial charge < -0.3 is 10.2 Å².